The Kier molecular flexibility index (Phi) is 4.04. The first-order chi connectivity index (χ1) is 5.83. The first kappa shape index (κ1) is 9.48. The van der Waals surface area contributed by atoms with Crippen LogP contribution in [-0.4, -0.2) is 17.1 Å². The SMILES string of the molecule is Cc1ccc(CCCO[Si])cc1. The molecule has 0 aliphatic carbocycles. The third-order valence-electron chi connectivity index (χ3n) is 1.83. The fraction of sp³-hybridized carbons (Fsp3) is 0.400. The molecule has 0 unspecified atom stereocenters. The predicted molar refractivity (Wildman–Crippen MR) is 51.2 cm³/mol. The topological polar surface area (TPSA) is 9.23 Å². The number of hydrogen-bond acceptors (Lipinski definition) is 1. The number of aryl methyl sites for hydroxylation is 2. The Morgan fingerprint density at radius 2 is 1.92 bits per heavy atom. The lowest BCUT2D eigenvalue weighted by Gasteiger charge is -2.00. The van der Waals surface area contributed by atoms with Crippen LogP contribution in [0.3, 0.4) is 0 Å². The van der Waals surface area contributed by atoms with Gasteiger partial charge in [-0.25, -0.2) is 0 Å². The molecular weight excluding hydrogens is 164 g/mol. The molecule has 0 N–H and O–H groups in total. The van der Waals surface area contributed by atoms with Crippen molar-refractivity contribution < 1.29 is 4.43 Å². The van der Waals surface area contributed by atoms with Crippen LogP contribution in [0.15, 0.2) is 24.3 Å². The average molecular weight is 177 g/mol. The molecule has 0 saturated carbocycles. The van der Waals surface area contributed by atoms with E-state index >= 15 is 0 Å². The lowest BCUT2D eigenvalue weighted by molar-refractivity contribution is 0.341. The van der Waals surface area contributed by atoms with Gasteiger partial charge < -0.3 is 4.43 Å². The van der Waals surface area contributed by atoms with Gasteiger partial charge in [0.2, 0.25) is 10.5 Å². The molecule has 1 aromatic rings. The van der Waals surface area contributed by atoms with Crippen LogP contribution in [-0.2, 0) is 10.8 Å². The molecule has 0 heterocycles. The molecular formula is C10H13OSi. The van der Waals surface area contributed by atoms with Gasteiger partial charge >= 0.3 is 0 Å². The second kappa shape index (κ2) is 5.12. The summed E-state index contributed by atoms with van der Waals surface area (Å²) in [6.07, 6.45) is 2.15. The molecule has 1 nitrogen and oxygen atoms in total. The molecule has 0 bridgehead atoms. The number of benzene rings is 1. The summed E-state index contributed by atoms with van der Waals surface area (Å²) in [4.78, 5) is 0. The average Bonchev–Trinajstić information content (AvgIpc) is 2.09. The first-order valence-corrected chi connectivity index (χ1v) is 4.58. The maximum Gasteiger partial charge on any atom is 0.246 e. The predicted octanol–water partition coefficient (Wildman–Crippen LogP) is 2.03. The Balaban J connectivity index is 2.37. The second-order valence-corrected chi connectivity index (χ2v) is 3.23. The highest BCUT2D eigenvalue weighted by Crippen LogP contribution is 2.05. The van der Waals surface area contributed by atoms with E-state index in [4.69, 9.17) is 4.43 Å². The Morgan fingerprint density at radius 3 is 2.50 bits per heavy atom. The fourth-order valence-corrected chi connectivity index (χ4v) is 1.25. The van der Waals surface area contributed by atoms with E-state index < -0.39 is 0 Å². The monoisotopic (exact) mass is 177 g/mol. The van der Waals surface area contributed by atoms with Crippen LogP contribution >= 0.6 is 0 Å². The minimum absolute atomic E-state index is 0.769. The van der Waals surface area contributed by atoms with Gasteiger partial charge in [0, 0.05) is 6.61 Å². The third kappa shape index (κ3) is 3.20. The van der Waals surface area contributed by atoms with E-state index in [1.54, 1.807) is 0 Å². The molecule has 63 valence electrons. The van der Waals surface area contributed by atoms with Crippen LogP contribution in [0.4, 0.5) is 0 Å². The van der Waals surface area contributed by atoms with Crippen molar-refractivity contribution in [3.8, 4) is 0 Å². The summed E-state index contributed by atoms with van der Waals surface area (Å²) in [5.41, 5.74) is 2.69. The molecule has 0 fully saturated rings. The zero-order chi connectivity index (χ0) is 8.81. The van der Waals surface area contributed by atoms with E-state index in [2.05, 4.69) is 41.7 Å². The van der Waals surface area contributed by atoms with Crippen LogP contribution in [0.2, 0.25) is 0 Å². The summed E-state index contributed by atoms with van der Waals surface area (Å²) >= 11 is 0. The van der Waals surface area contributed by atoms with E-state index in [9.17, 15) is 0 Å². The van der Waals surface area contributed by atoms with Gasteiger partial charge in [-0.3, -0.25) is 0 Å². The van der Waals surface area contributed by atoms with Crippen LogP contribution < -0.4 is 0 Å². The molecule has 3 radical (unpaired) electrons. The standard InChI is InChI=1S/C10H13OSi/c1-9-4-6-10(7-5-9)3-2-8-11-12/h4-7H,2-3,8H2,1H3. The van der Waals surface area contributed by atoms with Gasteiger partial charge in [0.05, 0.1) is 0 Å². The third-order valence-corrected chi connectivity index (χ3v) is 2.04. The lowest BCUT2D eigenvalue weighted by Crippen LogP contribution is -1.93. The summed E-state index contributed by atoms with van der Waals surface area (Å²) in [6, 6.07) is 8.62. The van der Waals surface area contributed by atoms with Crippen molar-refractivity contribution in [3.05, 3.63) is 35.4 Å². The van der Waals surface area contributed by atoms with Gasteiger partial charge in [-0.05, 0) is 25.3 Å². The highest BCUT2D eigenvalue weighted by atomic mass is 28.2. The molecule has 12 heavy (non-hydrogen) atoms. The Hall–Kier alpha value is -0.603. The van der Waals surface area contributed by atoms with Crippen molar-refractivity contribution in [1.82, 2.24) is 0 Å². The smallest absolute Gasteiger partial charge is 0.246 e. The zero-order valence-electron chi connectivity index (χ0n) is 7.34. The Morgan fingerprint density at radius 1 is 1.25 bits per heavy atom. The molecule has 0 aliphatic rings. The van der Waals surface area contributed by atoms with E-state index in [0.717, 1.165) is 19.4 Å². The minimum atomic E-state index is 0.769. The van der Waals surface area contributed by atoms with Crippen LogP contribution in [0.25, 0.3) is 0 Å². The van der Waals surface area contributed by atoms with Crippen molar-refractivity contribution in [2.75, 3.05) is 6.61 Å². The lowest BCUT2D eigenvalue weighted by atomic mass is 10.1. The highest BCUT2D eigenvalue weighted by molar-refractivity contribution is 5.97. The minimum Gasteiger partial charge on any atom is -0.419 e. The number of hydrogen-bond donors (Lipinski definition) is 0. The van der Waals surface area contributed by atoms with Crippen LogP contribution in [0.5, 0.6) is 0 Å². The van der Waals surface area contributed by atoms with Gasteiger partial charge in [0.15, 0.2) is 0 Å². The summed E-state index contributed by atoms with van der Waals surface area (Å²) in [7, 11) is 2.98. The van der Waals surface area contributed by atoms with Gasteiger partial charge in [0.1, 0.15) is 0 Å². The maximum absolute atomic E-state index is 4.79. The van der Waals surface area contributed by atoms with Gasteiger partial charge in [0.25, 0.3) is 0 Å². The fourth-order valence-electron chi connectivity index (χ4n) is 1.10. The van der Waals surface area contributed by atoms with Gasteiger partial charge in [-0.2, -0.15) is 0 Å². The molecule has 0 atom stereocenters. The normalized spacial score (nSPS) is 10.2. The summed E-state index contributed by atoms with van der Waals surface area (Å²) in [6.45, 7) is 2.87. The molecule has 2 heteroatoms. The summed E-state index contributed by atoms with van der Waals surface area (Å²) < 4.78 is 4.79. The van der Waals surface area contributed by atoms with Crippen molar-refractivity contribution in [2.45, 2.75) is 19.8 Å². The number of rotatable bonds is 4. The molecule has 1 aromatic carbocycles. The van der Waals surface area contributed by atoms with Crippen LogP contribution in [0.1, 0.15) is 17.5 Å². The molecule has 0 saturated heterocycles. The van der Waals surface area contributed by atoms with Crippen molar-refractivity contribution in [1.29, 1.82) is 0 Å². The summed E-state index contributed by atoms with van der Waals surface area (Å²) in [5.74, 6) is 0. The van der Waals surface area contributed by atoms with E-state index in [1.807, 2.05) is 0 Å². The highest BCUT2D eigenvalue weighted by Gasteiger charge is 1.91. The second-order valence-electron chi connectivity index (χ2n) is 2.94. The quantitative estimate of drug-likeness (QED) is 0.505. The van der Waals surface area contributed by atoms with Crippen molar-refractivity contribution >= 4 is 10.5 Å². The Bertz CT molecular complexity index is 218. The van der Waals surface area contributed by atoms with E-state index in [0.29, 0.717) is 0 Å². The van der Waals surface area contributed by atoms with Gasteiger partial charge in [-0.1, -0.05) is 29.8 Å². The Labute approximate surface area is 77.3 Å². The van der Waals surface area contributed by atoms with Gasteiger partial charge in [-0.15, -0.1) is 0 Å². The van der Waals surface area contributed by atoms with E-state index in [-0.39, 0.29) is 0 Å². The maximum atomic E-state index is 4.79. The first-order valence-electron chi connectivity index (χ1n) is 4.17. The van der Waals surface area contributed by atoms with Crippen molar-refractivity contribution in [2.24, 2.45) is 0 Å². The zero-order valence-corrected chi connectivity index (χ0v) is 8.34. The molecule has 0 aromatic heterocycles. The molecule has 0 amide bonds. The molecule has 1 rings (SSSR count). The summed E-state index contributed by atoms with van der Waals surface area (Å²) in [5, 5.41) is 0. The largest absolute Gasteiger partial charge is 0.419 e. The van der Waals surface area contributed by atoms with E-state index in [1.165, 1.54) is 11.1 Å². The van der Waals surface area contributed by atoms with Crippen molar-refractivity contribution in [3.63, 3.8) is 0 Å². The molecule has 0 spiro atoms. The van der Waals surface area contributed by atoms with Crippen LogP contribution in [0, 0.1) is 6.92 Å². The molecule has 0 aliphatic heterocycles.